The van der Waals surface area contributed by atoms with Gasteiger partial charge in [0.1, 0.15) is 5.82 Å². The van der Waals surface area contributed by atoms with Crippen molar-refractivity contribution in [3.63, 3.8) is 0 Å². The van der Waals surface area contributed by atoms with E-state index in [9.17, 15) is 0 Å². The Morgan fingerprint density at radius 1 is 1.17 bits per heavy atom. The molecule has 94 valence electrons. The average molecular weight is 258 g/mol. The van der Waals surface area contributed by atoms with Gasteiger partial charge in [-0.05, 0) is 43.2 Å². The summed E-state index contributed by atoms with van der Waals surface area (Å²) in [5.74, 6) is 1.90. The van der Waals surface area contributed by atoms with Crippen LogP contribution >= 0.6 is 11.8 Å². The lowest BCUT2D eigenvalue weighted by atomic mass is 10.2. The van der Waals surface area contributed by atoms with Crippen LogP contribution in [-0.2, 0) is 5.75 Å². The van der Waals surface area contributed by atoms with Crippen molar-refractivity contribution in [1.29, 1.82) is 0 Å². The number of aromatic nitrogens is 1. The van der Waals surface area contributed by atoms with Crippen LogP contribution < -0.4 is 5.32 Å². The lowest BCUT2D eigenvalue weighted by molar-refractivity contribution is 1.23. The van der Waals surface area contributed by atoms with E-state index >= 15 is 0 Å². The molecular formula is C15H18N2S. The third-order valence-corrected chi connectivity index (χ3v) is 4.05. The second-order valence-corrected chi connectivity index (χ2v) is 5.37. The highest BCUT2D eigenvalue weighted by Crippen LogP contribution is 2.27. The van der Waals surface area contributed by atoms with Crippen molar-refractivity contribution in [2.24, 2.45) is 0 Å². The Hall–Kier alpha value is -1.48. The Morgan fingerprint density at radius 3 is 2.78 bits per heavy atom. The van der Waals surface area contributed by atoms with Crippen molar-refractivity contribution < 1.29 is 0 Å². The predicted octanol–water partition coefficient (Wildman–Crippen LogP) is 4.03. The summed E-state index contributed by atoms with van der Waals surface area (Å²) in [7, 11) is 1.89. The Labute approximate surface area is 113 Å². The van der Waals surface area contributed by atoms with Crippen LogP contribution in [0.25, 0.3) is 0 Å². The fourth-order valence-corrected chi connectivity index (χ4v) is 2.79. The zero-order valence-corrected chi connectivity index (χ0v) is 11.8. The van der Waals surface area contributed by atoms with Crippen LogP contribution in [0.4, 0.5) is 5.82 Å². The molecule has 18 heavy (non-hydrogen) atoms. The molecule has 0 spiro atoms. The van der Waals surface area contributed by atoms with Gasteiger partial charge in [-0.1, -0.05) is 17.7 Å². The maximum atomic E-state index is 4.22. The van der Waals surface area contributed by atoms with Crippen LogP contribution in [0, 0.1) is 13.8 Å². The molecule has 1 aromatic heterocycles. The molecule has 2 aromatic rings. The van der Waals surface area contributed by atoms with Gasteiger partial charge in [-0.2, -0.15) is 0 Å². The Bertz CT molecular complexity index is 538. The van der Waals surface area contributed by atoms with Gasteiger partial charge in [0.25, 0.3) is 0 Å². The summed E-state index contributed by atoms with van der Waals surface area (Å²) < 4.78 is 0. The van der Waals surface area contributed by atoms with E-state index in [0.29, 0.717) is 0 Å². The summed E-state index contributed by atoms with van der Waals surface area (Å²) in [6, 6.07) is 10.8. The van der Waals surface area contributed by atoms with E-state index in [0.717, 1.165) is 11.6 Å². The Kier molecular flexibility index (Phi) is 4.26. The number of aryl methyl sites for hydroxylation is 2. The molecule has 0 aliphatic carbocycles. The maximum Gasteiger partial charge on any atom is 0.125 e. The highest BCUT2D eigenvalue weighted by atomic mass is 32.2. The van der Waals surface area contributed by atoms with Crippen molar-refractivity contribution in [2.45, 2.75) is 24.5 Å². The Morgan fingerprint density at radius 2 is 2.00 bits per heavy atom. The van der Waals surface area contributed by atoms with Gasteiger partial charge in [0.2, 0.25) is 0 Å². The second kappa shape index (κ2) is 5.91. The molecule has 2 nitrogen and oxygen atoms in total. The number of rotatable bonds is 4. The van der Waals surface area contributed by atoms with Gasteiger partial charge in [0, 0.05) is 23.9 Å². The van der Waals surface area contributed by atoms with Crippen LogP contribution in [0.2, 0.25) is 0 Å². The topological polar surface area (TPSA) is 24.9 Å². The van der Waals surface area contributed by atoms with Gasteiger partial charge in [0.15, 0.2) is 0 Å². The van der Waals surface area contributed by atoms with Crippen LogP contribution in [0.1, 0.15) is 16.7 Å². The number of nitrogens with one attached hydrogen (secondary N) is 1. The molecule has 0 radical (unpaired) electrons. The van der Waals surface area contributed by atoms with E-state index in [1.165, 1.54) is 21.6 Å². The van der Waals surface area contributed by atoms with Crippen molar-refractivity contribution in [3.05, 3.63) is 53.2 Å². The summed E-state index contributed by atoms with van der Waals surface area (Å²) in [4.78, 5) is 5.58. The molecule has 2 rings (SSSR count). The first-order valence-electron chi connectivity index (χ1n) is 6.02. The van der Waals surface area contributed by atoms with Gasteiger partial charge < -0.3 is 5.32 Å². The molecule has 0 fully saturated rings. The molecule has 1 heterocycles. The summed E-state index contributed by atoms with van der Waals surface area (Å²) in [5, 5.41) is 3.07. The van der Waals surface area contributed by atoms with Crippen LogP contribution in [0.3, 0.4) is 0 Å². The van der Waals surface area contributed by atoms with Crippen molar-refractivity contribution >= 4 is 17.6 Å². The lowest BCUT2D eigenvalue weighted by Gasteiger charge is -2.07. The zero-order chi connectivity index (χ0) is 13.0. The van der Waals surface area contributed by atoms with Gasteiger partial charge in [-0.15, -0.1) is 11.8 Å². The predicted molar refractivity (Wildman–Crippen MR) is 79.3 cm³/mol. The smallest absolute Gasteiger partial charge is 0.125 e. The average Bonchev–Trinajstić information content (AvgIpc) is 2.40. The second-order valence-electron chi connectivity index (χ2n) is 4.36. The van der Waals surface area contributed by atoms with Gasteiger partial charge in [-0.25, -0.2) is 4.98 Å². The number of nitrogens with zero attached hydrogens (tertiary/aromatic N) is 1. The molecule has 3 heteroatoms. The molecule has 1 N–H and O–H groups in total. The molecule has 0 unspecified atom stereocenters. The van der Waals surface area contributed by atoms with Crippen molar-refractivity contribution in [1.82, 2.24) is 4.98 Å². The minimum absolute atomic E-state index is 0.925. The first kappa shape index (κ1) is 13.0. The monoisotopic (exact) mass is 258 g/mol. The number of anilines is 1. The van der Waals surface area contributed by atoms with Crippen LogP contribution in [0.15, 0.2) is 41.4 Å². The minimum atomic E-state index is 0.925. The molecule has 0 saturated carbocycles. The summed E-state index contributed by atoms with van der Waals surface area (Å²) in [6.07, 6.45) is 1.85. The number of hydrogen-bond acceptors (Lipinski definition) is 3. The highest BCUT2D eigenvalue weighted by Gasteiger charge is 2.01. The fraction of sp³-hybridized carbons (Fsp3) is 0.267. The minimum Gasteiger partial charge on any atom is -0.373 e. The van der Waals surface area contributed by atoms with E-state index in [4.69, 9.17) is 0 Å². The lowest BCUT2D eigenvalue weighted by Crippen LogP contribution is -1.93. The molecule has 0 aliphatic heterocycles. The molecular weight excluding hydrogens is 240 g/mol. The fourth-order valence-electron chi connectivity index (χ4n) is 1.72. The van der Waals surface area contributed by atoms with E-state index in [1.54, 1.807) is 0 Å². The van der Waals surface area contributed by atoms with E-state index in [1.807, 2.05) is 25.0 Å². The SMILES string of the molecule is CNc1cc(CSc2cc(C)ccc2C)ccn1. The van der Waals surface area contributed by atoms with Crippen LogP contribution in [0.5, 0.6) is 0 Å². The van der Waals surface area contributed by atoms with Gasteiger partial charge in [-0.3, -0.25) is 0 Å². The third-order valence-electron chi connectivity index (χ3n) is 2.82. The van der Waals surface area contributed by atoms with Gasteiger partial charge >= 0.3 is 0 Å². The van der Waals surface area contributed by atoms with Gasteiger partial charge in [0.05, 0.1) is 0 Å². The maximum absolute atomic E-state index is 4.22. The Balaban J connectivity index is 2.08. The van der Waals surface area contributed by atoms with E-state index in [-0.39, 0.29) is 0 Å². The standard InChI is InChI=1S/C15H18N2S/c1-11-4-5-12(2)14(8-11)18-10-13-6-7-17-15(9-13)16-3/h4-9H,10H2,1-3H3,(H,16,17). The molecule has 0 amide bonds. The molecule has 1 aromatic carbocycles. The number of thioether (sulfide) groups is 1. The summed E-state index contributed by atoms with van der Waals surface area (Å²) >= 11 is 1.88. The number of benzene rings is 1. The summed E-state index contributed by atoms with van der Waals surface area (Å²) in [6.45, 7) is 4.29. The molecule has 0 aliphatic rings. The first-order chi connectivity index (χ1) is 8.69. The quantitative estimate of drug-likeness (QED) is 0.838. The molecule has 0 saturated heterocycles. The highest BCUT2D eigenvalue weighted by molar-refractivity contribution is 7.98. The largest absolute Gasteiger partial charge is 0.373 e. The first-order valence-corrected chi connectivity index (χ1v) is 7.00. The summed E-state index contributed by atoms with van der Waals surface area (Å²) in [5.41, 5.74) is 3.95. The number of pyridine rings is 1. The molecule has 0 atom stereocenters. The van der Waals surface area contributed by atoms with Crippen molar-refractivity contribution in [2.75, 3.05) is 12.4 Å². The van der Waals surface area contributed by atoms with E-state index in [2.05, 4.69) is 54.5 Å². The zero-order valence-electron chi connectivity index (χ0n) is 11.0. The van der Waals surface area contributed by atoms with E-state index < -0.39 is 0 Å². The van der Waals surface area contributed by atoms with Crippen LogP contribution in [-0.4, -0.2) is 12.0 Å². The third kappa shape index (κ3) is 3.26. The van der Waals surface area contributed by atoms with Crippen molar-refractivity contribution in [3.8, 4) is 0 Å². The molecule has 0 bridgehead atoms. The number of hydrogen-bond donors (Lipinski definition) is 1. The normalized spacial score (nSPS) is 10.4.